The summed E-state index contributed by atoms with van der Waals surface area (Å²) < 4.78 is 5.26. The van der Waals surface area contributed by atoms with E-state index in [0.717, 1.165) is 6.29 Å². The largest absolute Gasteiger partial charge is 0.481 e. The molecule has 0 spiro atoms. The highest BCUT2D eigenvalue weighted by molar-refractivity contribution is 5.76. The zero-order chi connectivity index (χ0) is 13.1. The van der Waals surface area contributed by atoms with Gasteiger partial charge in [0.1, 0.15) is 6.29 Å². The highest BCUT2D eigenvalue weighted by Gasteiger charge is 2.60. The average molecular weight is 240 g/mol. The molecule has 1 N–H and O–H groups in total. The Balaban J connectivity index is 2.27. The van der Waals surface area contributed by atoms with E-state index in [1.165, 1.54) is 0 Å². The number of hydrogen-bond acceptors (Lipinski definition) is 3. The van der Waals surface area contributed by atoms with Crippen molar-refractivity contribution < 1.29 is 19.4 Å². The molecule has 0 aromatic heterocycles. The van der Waals surface area contributed by atoms with Crippen molar-refractivity contribution in [3.63, 3.8) is 0 Å². The first-order valence-electron chi connectivity index (χ1n) is 5.83. The summed E-state index contributed by atoms with van der Waals surface area (Å²) in [6.07, 6.45) is 4.60. The van der Waals surface area contributed by atoms with Gasteiger partial charge in [-0.15, -0.1) is 0 Å². The fourth-order valence-electron chi connectivity index (χ4n) is 2.07. The van der Waals surface area contributed by atoms with Gasteiger partial charge in [0.2, 0.25) is 0 Å². The second-order valence-corrected chi connectivity index (χ2v) is 5.24. The summed E-state index contributed by atoms with van der Waals surface area (Å²) in [7, 11) is 0. The highest BCUT2D eigenvalue weighted by atomic mass is 16.5. The van der Waals surface area contributed by atoms with Crippen molar-refractivity contribution in [1.29, 1.82) is 0 Å². The molecule has 17 heavy (non-hydrogen) atoms. The molecule has 0 amide bonds. The van der Waals surface area contributed by atoms with Crippen LogP contribution in [0, 0.1) is 23.2 Å². The first-order valence-corrected chi connectivity index (χ1v) is 5.83. The van der Waals surface area contributed by atoms with Crippen molar-refractivity contribution in [3.05, 3.63) is 12.2 Å². The Kier molecular flexibility index (Phi) is 4.46. The molecular formula is C13H20O4. The monoisotopic (exact) mass is 240 g/mol. The summed E-state index contributed by atoms with van der Waals surface area (Å²) in [5.74, 6) is -1.02. The van der Waals surface area contributed by atoms with Gasteiger partial charge in [-0.25, -0.2) is 0 Å². The Morgan fingerprint density at radius 2 is 2.18 bits per heavy atom. The maximum absolute atomic E-state index is 10.9. The van der Waals surface area contributed by atoms with E-state index < -0.39 is 5.97 Å². The fraction of sp³-hybridized carbons (Fsp3) is 0.692. The van der Waals surface area contributed by atoms with Crippen molar-refractivity contribution in [2.75, 3.05) is 13.2 Å². The van der Waals surface area contributed by atoms with E-state index in [0.29, 0.717) is 13.2 Å². The van der Waals surface area contributed by atoms with E-state index in [2.05, 4.69) is 0 Å². The second kappa shape index (κ2) is 5.45. The Morgan fingerprint density at radius 1 is 1.53 bits per heavy atom. The van der Waals surface area contributed by atoms with E-state index in [4.69, 9.17) is 9.84 Å². The number of allylic oxidation sites excluding steroid dienone is 1. The molecule has 0 radical (unpaired) electrons. The molecule has 0 heterocycles. The van der Waals surface area contributed by atoms with Gasteiger partial charge in [-0.2, -0.15) is 0 Å². The molecule has 1 rings (SSSR count). The smallest absolute Gasteiger partial charge is 0.307 e. The van der Waals surface area contributed by atoms with Crippen LogP contribution in [0.25, 0.3) is 0 Å². The molecular weight excluding hydrogens is 220 g/mol. The lowest BCUT2D eigenvalue weighted by atomic mass is 10.1. The number of hydrogen-bond donors (Lipinski definition) is 1. The third-order valence-corrected chi connectivity index (χ3v) is 3.35. The molecule has 0 aromatic rings. The number of ether oxygens (including phenoxy) is 1. The first-order chi connectivity index (χ1) is 7.91. The van der Waals surface area contributed by atoms with Crippen LogP contribution in [0.3, 0.4) is 0 Å². The standard InChI is InChI=1S/C13H20O4/c1-9(7-14)8-17-6-4-5-10-11(12(15)16)13(10,2)3/h4-5,7,9-11H,6,8H2,1-3H3,(H,15,16). The topological polar surface area (TPSA) is 63.6 Å². The van der Waals surface area contributed by atoms with E-state index in [1.807, 2.05) is 26.0 Å². The number of carbonyl (C=O) groups excluding carboxylic acids is 1. The lowest BCUT2D eigenvalue weighted by molar-refractivity contribution is -0.139. The lowest BCUT2D eigenvalue weighted by Gasteiger charge is -2.02. The number of carboxylic acids is 1. The van der Waals surface area contributed by atoms with Gasteiger partial charge in [0.05, 0.1) is 19.1 Å². The normalized spacial score (nSPS) is 27.9. The van der Waals surface area contributed by atoms with E-state index >= 15 is 0 Å². The van der Waals surface area contributed by atoms with Crippen LogP contribution in [0.5, 0.6) is 0 Å². The molecule has 4 nitrogen and oxygen atoms in total. The van der Waals surface area contributed by atoms with Crippen molar-refractivity contribution >= 4 is 12.3 Å². The van der Waals surface area contributed by atoms with Gasteiger partial charge < -0.3 is 14.6 Å². The molecule has 0 aliphatic heterocycles. The quantitative estimate of drug-likeness (QED) is 0.418. The minimum Gasteiger partial charge on any atom is -0.481 e. The van der Waals surface area contributed by atoms with Gasteiger partial charge in [-0.1, -0.05) is 32.9 Å². The van der Waals surface area contributed by atoms with Crippen LogP contribution in [-0.4, -0.2) is 30.6 Å². The van der Waals surface area contributed by atoms with Gasteiger partial charge in [0, 0.05) is 5.92 Å². The van der Waals surface area contributed by atoms with Gasteiger partial charge in [0.25, 0.3) is 0 Å². The van der Waals surface area contributed by atoms with Crippen molar-refractivity contribution in [1.82, 2.24) is 0 Å². The summed E-state index contributed by atoms with van der Waals surface area (Å²) in [5.41, 5.74) is -0.154. The molecule has 3 atom stereocenters. The van der Waals surface area contributed by atoms with Gasteiger partial charge in [-0.3, -0.25) is 4.79 Å². The first kappa shape index (κ1) is 13.9. The fourth-order valence-corrected chi connectivity index (χ4v) is 2.07. The van der Waals surface area contributed by atoms with Crippen molar-refractivity contribution in [2.24, 2.45) is 23.2 Å². The van der Waals surface area contributed by atoms with Crippen molar-refractivity contribution in [2.45, 2.75) is 20.8 Å². The van der Waals surface area contributed by atoms with Crippen LogP contribution in [0.2, 0.25) is 0 Å². The van der Waals surface area contributed by atoms with Gasteiger partial charge in [-0.05, 0) is 11.3 Å². The van der Waals surface area contributed by atoms with Crippen molar-refractivity contribution in [3.8, 4) is 0 Å². The molecule has 1 saturated carbocycles. The van der Waals surface area contributed by atoms with E-state index in [-0.39, 0.29) is 23.2 Å². The molecule has 1 aliphatic carbocycles. The predicted molar refractivity (Wildman–Crippen MR) is 63.6 cm³/mol. The molecule has 0 saturated heterocycles. The SMILES string of the molecule is CC(C=O)COCC=CC1C(C(=O)O)C1(C)C. The number of carboxylic acid groups (broad SMARTS) is 1. The van der Waals surface area contributed by atoms with Gasteiger partial charge in [0.15, 0.2) is 0 Å². The third-order valence-electron chi connectivity index (χ3n) is 3.35. The molecule has 0 bridgehead atoms. The van der Waals surface area contributed by atoms with Crippen LogP contribution >= 0.6 is 0 Å². The second-order valence-electron chi connectivity index (χ2n) is 5.24. The summed E-state index contributed by atoms with van der Waals surface area (Å²) >= 11 is 0. The zero-order valence-electron chi connectivity index (χ0n) is 10.6. The molecule has 0 aromatic carbocycles. The molecule has 3 unspecified atom stereocenters. The van der Waals surface area contributed by atoms with E-state index in [1.54, 1.807) is 6.92 Å². The summed E-state index contributed by atoms with van der Waals surface area (Å²) in [4.78, 5) is 21.2. The third kappa shape index (κ3) is 3.40. The molecule has 1 fully saturated rings. The number of rotatable bonds is 7. The minimum atomic E-state index is -0.736. The number of carbonyl (C=O) groups is 2. The molecule has 4 heteroatoms. The predicted octanol–water partition coefficient (Wildman–Crippen LogP) is 1.75. The molecule has 1 aliphatic rings. The summed E-state index contributed by atoms with van der Waals surface area (Å²) in [5, 5.41) is 8.96. The lowest BCUT2D eigenvalue weighted by Crippen LogP contribution is -2.06. The maximum Gasteiger partial charge on any atom is 0.307 e. The summed E-state index contributed by atoms with van der Waals surface area (Å²) in [6, 6.07) is 0. The summed E-state index contributed by atoms with van der Waals surface area (Å²) in [6.45, 7) is 6.54. The Bertz CT molecular complexity index is 319. The number of aldehydes is 1. The minimum absolute atomic E-state index is 0.0899. The highest BCUT2D eigenvalue weighted by Crippen LogP contribution is 2.58. The van der Waals surface area contributed by atoms with Crippen LogP contribution < -0.4 is 0 Å². The molecule has 96 valence electrons. The zero-order valence-corrected chi connectivity index (χ0v) is 10.6. The maximum atomic E-state index is 10.9. The number of aliphatic carboxylic acids is 1. The van der Waals surface area contributed by atoms with Crippen LogP contribution in [0.1, 0.15) is 20.8 Å². The van der Waals surface area contributed by atoms with E-state index in [9.17, 15) is 9.59 Å². The Labute approximate surface area is 102 Å². The Morgan fingerprint density at radius 3 is 2.65 bits per heavy atom. The van der Waals surface area contributed by atoms with Gasteiger partial charge >= 0.3 is 5.97 Å². The average Bonchev–Trinajstić information content (AvgIpc) is 2.80. The Hall–Kier alpha value is -1.16. The van der Waals surface area contributed by atoms with Crippen LogP contribution in [-0.2, 0) is 14.3 Å². The van der Waals surface area contributed by atoms with Crippen LogP contribution in [0.4, 0.5) is 0 Å². The van der Waals surface area contributed by atoms with Crippen LogP contribution in [0.15, 0.2) is 12.2 Å².